The summed E-state index contributed by atoms with van der Waals surface area (Å²) in [7, 11) is 0. The minimum atomic E-state index is 0.493. The van der Waals surface area contributed by atoms with Crippen molar-refractivity contribution in [3.05, 3.63) is 22.5 Å². The summed E-state index contributed by atoms with van der Waals surface area (Å²) >= 11 is 2.97. The predicted octanol–water partition coefficient (Wildman–Crippen LogP) is 3.06. The molecule has 0 aromatic heterocycles. The van der Waals surface area contributed by atoms with E-state index in [-0.39, 0.29) is 0 Å². The molecule has 0 unspecified atom stereocenters. The maximum absolute atomic E-state index is 4.94. The molecular formula is C9H13IOV. The van der Waals surface area contributed by atoms with Gasteiger partial charge in [0.2, 0.25) is 0 Å². The number of halogens is 1. The van der Waals surface area contributed by atoms with Crippen molar-refractivity contribution in [1.29, 1.82) is 0 Å². The minimum absolute atomic E-state index is 0.493. The van der Waals surface area contributed by atoms with E-state index < -0.39 is 0 Å². The Labute approximate surface area is 92.1 Å². The van der Waals surface area contributed by atoms with Crippen LogP contribution < -0.4 is 0 Å². The molecule has 1 nitrogen and oxygen atoms in total. The first-order valence-electron chi connectivity index (χ1n) is 4.19. The van der Waals surface area contributed by atoms with Crippen LogP contribution in [0.4, 0.5) is 0 Å². The summed E-state index contributed by atoms with van der Waals surface area (Å²) in [6, 6.07) is 0. The van der Waals surface area contributed by atoms with Gasteiger partial charge in [-0.3, -0.25) is 0 Å². The number of allylic oxidation sites excluding steroid dienone is 4. The fraction of sp³-hybridized carbons (Fsp3) is 0.556. The van der Waals surface area contributed by atoms with Crippen molar-refractivity contribution in [2.24, 2.45) is 0 Å². The first-order chi connectivity index (χ1) is 5.93. The number of rotatable bonds is 1. The molecule has 2 aliphatic rings. The first kappa shape index (κ1) is 10.8. The van der Waals surface area contributed by atoms with Crippen LogP contribution in [-0.2, 0) is 17.6 Å². The zero-order valence-electron chi connectivity index (χ0n) is 7.00. The Balaban J connectivity index is 0.000000127. The molecule has 0 aromatic rings. The second kappa shape index (κ2) is 7.19. The van der Waals surface area contributed by atoms with Crippen LogP contribution in [0.1, 0.15) is 19.3 Å². The number of ether oxygens (including phenoxy) is 1. The summed E-state index contributed by atoms with van der Waals surface area (Å²) in [5, 5.41) is 0. The van der Waals surface area contributed by atoms with Crippen LogP contribution in [-0.4, -0.2) is 13.2 Å². The molecule has 0 amide bonds. The topological polar surface area (TPSA) is 9.23 Å². The van der Waals surface area contributed by atoms with Gasteiger partial charge in [0, 0.05) is 13.2 Å². The zero-order valence-corrected chi connectivity index (χ0v) is 10.6. The molecule has 2 rings (SSSR count). The van der Waals surface area contributed by atoms with E-state index in [9.17, 15) is 0 Å². The molecule has 1 aliphatic carbocycles. The predicted molar refractivity (Wildman–Crippen MR) is 55.9 cm³/mol. The van der Waals surface area contributed by atoms with E-state index in [0.29, 0.717) is 12.9 Å². The molecule has 1 heterocycles. The molecule has 1 fully saturated rings. The monoisotopic (exact) mass is 315 g/mol. The molecule has 0 N–H and O–H groups in total. The van der Waals surface area contributed by atoms with E-state index in [1.807, 2.05) is 0 Å². The Hall–Kier alpha value is 0.754. The molecule has 3 heteroatoms. The van der Waals surface area contributed by atoms with Gasteiger partial charge in [-0.05, 0) is 12.8 Å². The van der Waals surface area contributed by atoms with Gasteiger partial charge in [0.05, 0.1) is 0 Å². The van der Waals surface area contributed by atoms with Gasteiger partial charge in [0.1, 0.15) is 0 Å². The summed E-state index contributed by atoms with van der Waals surface area (Å²) in [5.74, 6) is 0. The number of hydrogen-bond donors (Lipinski definition) is 0. The summed E-state index contributed by atoms with van der Waals surface area (Å²) in [6.07, 6.45) is 10.4. The zero-order chi connectivity index (χ0) is 8.65. The fourth-order valence-electron chi connectivity index (χ4n) is 1.01. The van der Waals surface area contributed by atoms with E-state index in [0.717, 1.165) is 13.2 Å². The van der Waals surface area contributed by atoms with Crippen LogP contribution in [0.3, 0.4) is 0 Å². The summed E-state index contributed by atoms with van der Waals surface area (Å²) < 4.78 is 6.58. The second-order valence-corrected chi connectivity index (χ2v) is 5.84. The third-order valence-electron chi connectivity index (χ3n) is 1.69. The maximum atomic E-state index is 4.94. The summed E-state index contributed by atoms with van der Waals surface area (Å²) in [4.78, 5) is 0. The van der Waals surface area contributed by atoms with Crippen molar-refractivity contribution in [2.75, 3.05) is 13.2 Å². The molecule has 0 atom stereocenters. The summed E-state index contributed by atoms with van der Waals surface area (Å²) in [6.45, 7) is 2.00. The average molecular weight is 315 g/mol. The van der Waals surface area contributed by atoms with Crippen LogP contribution in [0.5, 0.6) is 0 Å². The summed E-state index contributed by atoms with van der Waals surface area (Å²) in [5.41, 5.74) is 0. The van der Waals surface area contributed by atoms with E-state index >= 15 is 0 Å². The van der Waals surface area contributed by atoms with Crippen molar-refractivity contribution in [3.8, 4) is 0 Å². The van der Waals surface area contributed by atoms with Crippen molar-refractivity contribution in [1.82, 2.24) is 0 Å². The molecule has 1 saturated heterocycles. The fourth-order valence-corrected chi connectivity index (χ4v) is 2.98. The van der Waals surface area contributed by atoms with Gasteiger partial charge in [-0.2, -0.15) is 0 Å². The van der Waals surface area contributed by atoms with Gasteiger partial charge in [-0.25, -0.2) is 0 Å². The van der Waals surface area contributed by atoms with Crippen molar-refractivity contribution >= 4 is 20.0 Å². The van der Waals surface area contributed by atoms with E-state index in [1.165, 1.54) is 19.3 Å². The van der Waals surface area contributed by atoms with E-state index in [1.54, 1.807) is 4.28 Å². The molecule has 0 bridgehead atoms. The van der Waals surface area contributed by atoms with Gasteiger partial charge >= 0.3 is 61.8 Å². The molecule has 12 heavy (non-hydrogen) atoms. The SMILES string of the molecule is C1CCOC1.[I][V][C]1=CC=CC1. The number of hydrogen-bond acceptors (Lipinski definition) is 1. The van der Waals surface area contributed by atoms with Crippen LogP contribution in [0.2, 0.25) is 0 Å². The Morgan fingerprint density at radius 1 is 1.33 bits per heavy atom. The Morgan fingerprint density at radius 2 is 2.08 bits per heavy atom. The third-order valence-corrected chi connectivity index (χ3v) is 5.10. The van der Waals surface area contributed by atoms with Gasteiger partial charge in [-0.15, -0.1) is 0 Å². The normalized spacial score (nSPS) is 19.9. The Kier molecular flexibility index (Phi) is 6.49. The molecule has 0 saturated carbocycles. The third kappa shape index (κ3) is 4.70. The molecule has 1 aliphatic heterocycles. The van der Waals surface area contributed by atoms with Crippen LogP contribution >= 0.6 is 20.0 Å². The van der Waals surface area contributed by atoms with E-state index in [4.69, 9.17) is 4.74 Å². The first-order valence-corrected chi connectivity index (χ1v) is 9.39. The van der Waals surface area contributed by atoms with Crippen LogP contribution in [0, 0.1) is 0 Å². The second-order valence-electron chi connectivity index (χ2n) is 2.69. The van der Waals surface area contributed by atoms with Crippen LogP contribution in [0.15, 0.2) is 22.5 Å². The molecular weight excluding hydrogens is 302 g/mol. The van der Waals surface area contributed by atoms with E-state index in [2.05, 4.69) is 38.2 Å². The van der Waals surface area contributed by atoms with Gasteiger partial charge in [0.25, 0.3) is 0 Å². The van der Waals surface area contributed by atoms with Gasteiger partial charge in [0.15, 0.2) is 0 Å². The molecule has 0 aromatic carbocycles. The molecule has 0 radical (unpaired) electrons. The quantitative estimate of drug-likeness (QED) is 0.676. The Morgan fingerprint density at radius 3 is 2.33 bits per heavy atom. The average Bonchev–Trinajstić information content (AvgIpc) is 2.81. The van der Waals surface area contributed by atoms with Crippen molar-refractivity contribution < 1.29 is 17.6 Å². The van der Waals surface area contributed by atoms with Crippen molar-refractivity contribution in [3.63, 3.8) is 0 Å². The molecule has 67 valence electrons. The van der Waals surface area contributed by atoms with Gasteiger partial charge < -0.3 is 4.74 Å². The Bertz CT molecular complexity index is 166. The van der Waals surface area contributed by atoms with Gasteiger partial charge in [-0.1, -0.05) is 0 Å². The van der Waals surface area contributed by atoms with Crippen LogP contribution in [0.25, 0.3) is 0 Å². The van der Waals surface area contributed by atoms with Crippen molar-refractivity contribution in [2.45, 2.75) is 19.3 Å². The molecule has 0 spiro atoms. The standard InChI is InChI=1S/C5H5.C4H8O.HI.V/c2*1-2-4-5-3-1;;/h1-3H,4H2;1-4H2;1H;/q;;;+1/p-1.